The second kappa shape index (κ2) is 6.02. The van der Waals surface area contributed by atoms with E-state index in [2.05, 4.69) is 40.9 Å². The van der Waals surface area contributed by atoms with E-state index in [-0.39, 0.29) is 0 Å². The van der Waals surface area contributed by atoms with Crippen molar-refractivity contribution >= 4 is 11.9 Å². The first-order valence-electron chi connectivity index (χ1n) is 4.41. The van der Waals surface area contributed by atoms with Crippen LogP contribution in [0.25, 0.3) is 0 Å². The molecule has 0 aliphatic carbocycles. The molecule has 0 saturated heterocycles. The largest absolute Gasteiger partial charge is 0.318 e. The van der Waals surface area contributed by atoms with Gasteiger partial charge in [-0.25, -0.2) is 4.31 Å². The molecule has 0 aliphatic heterocycles. The van der Waals surface area contributed by atoms with E-state index in [0.29, 0.717) is 0 Å². The summed E-state index contributed by atoms with van der Waals surface area (Å²) in [4.78, 5) is 1.29. The van der Waals surface area contributed by atoms with Crippen molar-refractivity contribution in [2.45, 2.75) is 4.90 Å². The summed E-state index contributed by atoms with van der Waals surface area (Å²) in [5, 5.41) is 3.13. The van der Waals surface area contributed by atoms with E-state index in [1.54, 1.807) is 11.9 Å². The van der Waals surface area contributed by atoms with Crippen molar-refractivity contribution in [3.63, 3.8) is 0 Å². The average Bonchev–Trinajstić information content (AvgIpc) is 2.16. The van der Waals surface area contributed by atoms with E-state index in [1.807, 2.05) is 13.1 Å². The topological polar surface area (TPSA) is 15.3 Å². The van der Waals surface area contributed by atoms with E-state index in [0.717, 1.165) is 13.1 Å². The Bertz CT molecular complexity index is 226. The third-order valence-corrected chi connectivity index (χ3v) is 2.66. The van der Waals surface area contributed by atoms with E-state index in [1.165, 1.54) is 4.90 Å². The molecule has 3 heteroatoms. The number of nitrogens with one attached hydrogen (secondary N) is 1. The molecular weight excluding hydrogens is 180 g/mol. The lowest BCUT2D eigenvalue weighted by Gasteiger charge is -2.14. The molecule has 0 bridgehead atoms. The molecule has 0 aromatic heterocycles. The Morgan fingerprint density at radius 3 is 2.62 bits per heavy atom. The fourth-order valence-electron chi connectivity index (χ4n) is 0.976. The van der Waals surface area contributed by atoms with Gasteiger partial charge in [0, 0.05) is 18.0 Å². The highest BCUT2D eigenvalue weighted by Gasteiger charge is 1.98. The molecular formula is C10H16N2S. The van der Waals surface area contributed by atoms with Gasteiger partial charge in [0.2, 0.25) is 0 Å². The average molecular weight is 196 g/mol. The van der Waals surface area contributed by atoms with Crippen LogP contribution in [0.3, 0.4) is 0 Å². The van der Waals surface area contributed by atoms with Gasteiger partial charge in [-0.1, -0.05) is 18.2 Å². The number of hydrogen-bond donors (Lipinski definition) is 1. The highest BCUT2D eigenvalue weighted by molar-refractivity contribution is 7.97. The third kappa shape index (κ3) is 4.31. The molecule has 0 fully saturated rings. The van der Waals surface area contributed by atoms with Crippen LogP contribution in [-0.4, -0.2) is 31.5 Å². The molecule has 0 atom stereocenters. The minimum absolute atomic E-state index is 1.02. The summed E-state index contributed by atoms with van der Waals surface area (Å²) in [5.41, 5.74) is 0. The molecule has 0 unspecified atom stereocenters. The van der Waals surface area contributed by atoms with Gasteiger partial charge < -0.3 is 5.32 Å². The minimum atomic E-state index is 1.02. The van der Waals surface area contributed by atoms with Crippen molar-refractivity contribution in [3.05, 3.63) is 30.3 Å². The number of benzene rings is 1. The Balaban J connectivity index is 2.32. The summed E-state index contributed by atoms with van der Waals surface area (Å²) >= 11 is 1.78. The fraction of sp³-hybridized carbons (Fsp3) is 0.400. The molecule has 1 N–H and O–H groups in total. The lowest BCUT2D eigenvalue weighted by Crippen LogP contribution is -2.22. The molecule has 0 amide bonds. The second-order valence-electron chi connectivity index (χ2n) is 2.86. The number of hydrogen-bond acceptors (Lipinski definition) is 3. The first-order chi connectivity index (χ1) is 6.33. The van der Waals surface area contributed by atoms with Crippen LogP contribution >= 0.6 is 11.9 Å². The Morgan fingerprint density at radius 1 is 1.31 bits per heavy atom. The second-order valence-corrected chi connectivity index (χ2v) is 4.14. The van der Waals surface area contributed by atoms with Crippen molar-refractivity contribution in [1.29, 1.82) is 0 Å². The highest BCUT2D eigenvalue weighted by atomic mass is 32.2. The molecule has 1 aromatic carbocycles. The maximum Gasteiger partial charge on any atom is 0.0230 e. The van der Waals surface area contributed by atoms with Gasteiger partial charge >= 0.3 is 0 Å². The molecule has 1 rings (SSSR count). The van der Waals surface area contributed by atoms with Gasteiger partial charge in [0.1, 0.15) is 0 Å². The van der Waals surface area contributed by atoms with Gasteiger partial charge in [0.05, 0.1) is 0 Å². The smallest absolute Gasteiger partial charge is 0.0230 e. The van der Waals surface area contributed by atoms with Crippen molar-refractivity contribution in [1.82, 2.24) is 9.62 Å². The standard InChI is InChI=1S/C10H16N2S/c1-11-8-9-12(2)13-10-6-4-3-5-7-10/h3-7,11H,8-9H2,1-2H3. The SMILES string of the molecule is CNCCN(C)Sc1ccccc1. The van der Waals surface area contributed by atoms with Crippen molar-refractivity contribution in [2.24, 2.45) is 0 Å². The number of nitrogens with zero attached hydrogens (tertiary/aromatic N) is 1. The van der Waals surface area contributed by atoms with E-state index >= 15 is 0 Å². The Hall–Kier alpha value is -0.510. The molecule has 0 heterocycles. The lowest BCUT2D eigenvalue weighted by atomic mass is 10.4. The molecule has 1 aromatic rings. The van der Waals surface area contributed by atoms with Crippen molar-refractivity contribution in [3.8, 4) is 0 Å². The fourth-order valence-corrected chi connectivity index (χ4v) is 1.80. The number of rotatable bonds is 5. The van der Waals surface area contributed by atoms with Crippen LogP contribution in [0, 0.1) is 0 Å². The molecule has 0 aliphatic rings. The van der Waals surface area contributed by atoms with E-state index in [9.17, 15) is 0 Å². The van der Waals surface area contributed by atoms with Gasteiger partial charge in [0.15, 0.2) is 0 Å². The summed E-state index contributed by atoms with van der Waals surface area (Å²) < 4.78 is 2.23. The lowest BCUT2D eigenvalue weighted by molar-refractivity contribution is 0.548. The van der Waals surface area contributed by atoms with Crippen LogP contribution in [0.2, 0.25) is 0 Å². The van der Waals surface area contributed by atoms with Gasteiger partial charge in [-0.2, -0.15) is 0 Å². The van der Waals surface area contributed by atoms with Gasteiger partial charge in [-0.3, -0.25) is 0 Å². The van der Waals surface area contributed by atoms with Gasteiger partial charge in [0.25, 0.3) is 0 Å². The zero-order valence-electron chi connectivity index (χ0n) is 8.16. The van der Waals surface area contributed by atoms with Gasteiger partial charge in [-0.15, -0.1) is 0 Å². The van der Waals surface area contributed by atoms with Crippen LogP contribution in [0.4, 0.5) is 0 Å². The maximum absolute atomic E-state index is 3.13. The predicted octanol–water partition coefficient (Wildman–Crippen LogP) is 1.84. The monoisotopic (exact) mass is 196 g/mol. The van der Waals surface area contributed by atoms with Gasteiger partial charge in [-0.05, 0) is 38.2 Å². The summed E-state index contributed by atoms with van der Waals surface area (Å²) in [6, 6.07) is 10.4. The molecule has 72 valence electrons. The Kier molecular flexibility index (Phi) is 4.90. The summed E-state index contributed by atoms with van der Waals surface area (Å²) in [6.07, 6.45) is 0. The van der Waals surface area contributed by atoms with E-state index in [4.69, 9.17) is 0 Å². The van der Waals surface area contributed by atoms with Crippen LogP contribution in [0.1, 0.15) is 0 Å². The molecule has 13 heavy (non-hydrogen) atoms. The van der Waals surface area contributed by atoms with E-state index < -0.39 is 0 Å². The zero-order valence-corrected chi connectivity index (χ0v) is 8.97. The van der Waals surface area contributed by atoms with Crippen molar-refractivity contribution in [2.75, 3.05) is 27.2 Å². The Labute approximate surface area is 84.5 Å². The predicted molar refractivity (Wildman–Crippen MR) is 58.9 cm³/mol. The Morgan fingerprint density at radius 2 is 2.00 bits per heavy atom. The summed E-state index contributed by atoms with van der Waals surface area (Å²) in [7, 11) is 4.08. The van der Waals surface area contributed by atoms with Crippen LogP contribution in [-0.2, 0) is 0 Å². The van der Waals surface area contributed by atoms with Crippen LogP contribution in [0.15, 0.2) is 35.2 Å². The first-order valence-corrected chi connectivity index (χ1v) is 5.19. The third-order valence-electron chi connectivity index (χ3n) is 1.68. The first kappa shape index (κ1) is 10.6. The molecule has 0 radical (unpaired) electrons. The quantitative estimate of drug-likeness (QED) is 0.723. The zero-order chi connectivity index (χ0) is 9.52. The normalized spacial score (nSPS) is 10.7. The van der Waals surface area contributed by atoms with Crippen LogP contribution < -0.4 is 5.32 Å². The highest BCUT2D eigenvalue weighted by Crippen LogP contribution is 2.19. The molecule has 2 nitrogen and oxygen atoms in total. The summed E-state index contributed by atoms with van der Waals surface area (Å²) in [5.74, 6) is 0. The minimum Gasteiger partial charge on any atom is -0.318 e. The van der Waals surface area contributed by atoms with Crippen LogP contribution in [0.5, 0.6) is 0 Å². The summed E-state index contributed by atoms with van der Waals surface area (Å²) in [6.45, 7) is 2.08. The number of likely N-dealkylation sites (N-methyl/N-ethyl adjacent to an activating group) is 2. The van der Waals surface area contributed by atoms with Crippen molar-refractivity contribution < 1.29 is 0 Å². The molecule has 0 saturated carbocycles. The molecule has 0 spiro atoms. The maximum atomic E-state index is 3.13.